The fourth-order valence-electron chi connectivity index (χ4n) is 2.60. The molecule has 124 valence electrons. The van der Waals surface area contributed by atoms with Gasteiger partial charge in [0.05, 0.1) is 15.5 Å². The zero-order valence-electron chi connectivity index (χ0n) is 12.9. The van der Waals surface area contributed by atoms with Crippen LogP contribution in [0.3, 0.4) is 0 Å². The summed E-state index contributed by atoms with van der Waals surface area (Å²) in [6, 6.07) is 21.4. The van der Waals surface area contributed by atoms with Crippen molar-refractivity contribution in [3.63, 3.8) is 0 Å². The molecule has 6 heteroatoms. The Labute approximate surface area is 156 Å². The number of hydrogen-bond acceptors (Lipinski definition) is 3. The van der Waals surface area contributed by atoms with Gasteiger partial charge in [0, 0.05) is 15.6 Å². The Bertz CT molecular complexity index is 1100. The fourth-order valence-corrected chi connectivity index (χ4v) is 4.87. The van der Waals surface area contributed by atoms with Crippen LogP contribution >= 0.6 is 23.2 Å². The lowest BCUT2D eigenvalue weighted by atomic mass is 10.2. The van der Waals surface area contributed by atoms with E-state index in [0.29, 0.717) is 31.4 Å². The van der Waals surface area contributed by atoms with Crippen molar-refractivity contribution in [3.05, 3.63) is 88.4 Å². The van der Waals surface area contributed by atoms with Crippen LogP contribution in [-0.2, 0) is 9.73 Å². The molecule has 3 nitrogen and oxygen atoms in total. The summed E-state index contributed by atoms with van der Waals surface area (Å²) in [5.41, 5.74) is 1.42. The van der Waals surface area contributed by atoms with Crippen LogP contribution < -0.4 is 0 Å². The number of amidine groups is 1. The SMILES string of the molecule is O=S1(c2ccc(Cl)cc2)=NC(c2ccc(Cl)cc2)=Nc2ccccc21. The first-order chi connectivity index (χ1) is 12.1. The third-order valence-electron chi connectivity index (χ3n) is 3.84. The number of nitrogens with zero attached hydrogens (tertiary/aromatic N) is 2. The highest BCUT2D eigenvalue weighted by molar-refractivity contribution is 7.94. The van der Waals surface area contributed by atoms with Gasteiger partial charge >= 0.3 is 0 Å². The van der Waals surface area contributed by atoms with Crippen LogP contribution in [0.25, 0.3) is 0 Å². The van der Waals surface area contributed by atoms with E-state index in [9.17, 15) is 4.21 Å². The lowest BCUT2D eigenvalue weighted by molar-refractivity contribution is 0.676. The molecule has 1 atom stereocenters. The number of aliphatic imine (C=N–C) groups is 1. The number of para-hydroxylation sites is 1. The van der Waals surface area contributed by atoms with Crippen LogP contribution in [0.1, 0.15) is 5.56 Å². The lowest BCUT2D eigenvalue weighted by Crippen LogP contribution is -2.11. The fraction of sp³-hybridized carbons (Fsp3) is 0. The van der Waals surface area contributed by atoms with Crippen LogP contribution in [0, 0.1) is 0 Å². The highest BCUT2D eigenvalue weighted by Gasteiger charge is 2.25. The summed E-state index contributed by atoms with van der Waals surface area (Å²) in [5.74, 6) is 0.426. The van der Waals surface area contributed by atoms with E-state index in [1.165, 1.54) is 0 Å². The van der Waals surface area contributed by atoms with E-state index in [1.54, 1.807) is 42.5 Å². The molecule has 0 fully saturated rings. The van der Waals surface area contributed by atoms with Gasteiger partial charge in [-0.05, 0) is 60.7 Å². The number of hydrogen-bond donors (Lipinski definition) is 0. The normalized spacial score (nSPS) is 18.9. The first kappa shape index (κ1) is 16.3. The van der Waals surface area contributed by atoms with Crippen molar-refractivity contribution in [1.82, 2.24) is 0 Å². The Morgan fingerprint density at radius 1 is 0.760 bits per heavy atom. The van der Waals surface area contributed by atoms with Gasteiger partial charge in [0.2, 0.25) is 0 Å². The van der Waals surface area contributed by atoms with Crippen LogP contribution in [0.2, 0.25) is 10.0 Å². The lowest BCUT2D eigenvalue weighted by Gasteiger charge is -2.18. The van der Waals surface area contributed by atoms with Crippen LogP contribution in [0.15, 0.2) is 91.9 Å². The summed E-state index contributed by atoms with van der Waals surface area (Å²) < 4.78 is 18.4. The topological polar surface area (TPSA) is 41.8 Å². The van der Waals surface area contributed by atoms with Gasteiger partial charge < -0.3 is 0 Å². The van der Waals surface area contributed by atoms with Gasteiger partial charge in [-0.3, -0.25) is 0 Å². The highest BCUT2D eigenvalue weighted by atomic mass is 35.5. The summed E-state index contributed by atoms with van der Waals surface area (Å²) in [4.78, 5) is 5.79. The summed E-state index contributed by atoms with van der Waals surface area (Å²) in [7, 11) is -2.85. The Morgan fingerprint density at radius 3 is 2.04 bits per heavy atom. The van der Waals surface area contributed by atoms with Crippen molar-refractivity contribution in [1.29, 1.82) is 0 Å². The molecular weight excluding hydrogens is 375 g/mol. The number of fused-ring (bicyclic) bond motifs is 1. The minimum Gasteiger partial charge on any atom is -0.239 e. The van der Waals surface area contributed by atoms with Crippen molar-refractivity contribution in [3.8, 4) is 0 Å². The Morgan fingerprint density at radius 2 is 1.36 bits per heavy atom. The number of halogens is 2. The molecule has 0 aromatic heterocycles. The Balaban J connectivity index is 1.98. The van der Waals surface area contributed by atoms with Crippen molar-refractivity contribution < 1.29 is 4.21 Å². The predicted octanol–water partition coefficient (Wildman–Crippen LogP) is 5.97. The summed E-state index contributed by atoms with van der Waals surface area (Å²) in [5, 5.41) is 1.21. The summed E-state index contributed by atoms with van der Waals surface area (Å²) >= 11 is 11.9. The van der Waals surface area contributed by atoms with Gasteiger partial charge in [0.25, 0.3) is 0 Å². The maximum absolute atomic E-state index is 13.9. The summed E-state index contributed by atoms with van der Waals surface area (Å²) in [6.45, 7) is 0. The molecule has 3 aromatic rings. The van der Waals surface area contributed by atoms with Crippen LogP contribution in [0.5, 0.6) is 0 Å². The molecule has 1 aliphatic rings. The average molecular weight is 387 g/mol. The third-order valence-corrected chi connectivity index (χ3v) is 6.63. The van der Waals surface area contributed by atoms with Gasteiger partial charge in [-0.15, -0.1) is 0 Å². The molecule has 0 saturated heterocycles. The van der Waals surface area contributed by atoms with E-state index in [2.05, 4.69) is 9.36 Å². The van der Waals surface area contributed by atoms with Crippen molar-refractivity contribution in [2.45, 2.75) is 9.79 Å². The van der Waals surface area contributed by atoms with Gasteiger partial charge in [0.15, 0.2) is 5.84 Å². The van der Waals surface area contributed by atoms with Gasteiger partial charge in [0.1, 0.15) is 9.73 Å². The quantitative estimate of drug-likeness (QED) is 0.534. The molecule has 0 radical (unpaired) electrons. The van der Waals surface area contributed by atoms with Crippen molar-refractivity contribution in [2.24, 2.45) is 9.36 Å². The minimum absolute atomic E-state index is 0.426. The second kappa shape index (κ2) is 6.30. The van der Waals surface area contributed by atoms with Crippen LogP contribution in [0.4, 0.5) is 5.69 Å². The molecular formula is C19H12Cl2N2OS. The molecule has 0 aliphatic carbocycles. The largest absolute Gasteiger partial charge is 0.239 e. The van der Waals surface area contributed by atoms with Crippen molar-refractivity contribution in [2.75, 3.05) is 0 Å². The molecule has 25 heavy (non-hydrogen) atoms. The standard InChI is InChI=1S/C19H12Cl2N2OS/c20-14-7-5-13(6-8-14)19-22-17-3-1-2-4-18(17)25(24,23-19)16-11-9-15(21)10-12-16/h1-12H. The van der Waals surface area contributed by atoms with Gasteiger partial charge in [-0.1, -0.05) is 35.3 Å². The predicted molar refractivity (Wildman–Crippen MR) is 103 cm³/mol. The van der Waals surface area contributed by atoms with E-state index in [-0.39, 0.29) is 0 Å². The monoisotopic (exact) mass is 386 g/mol. The second-order valence-corrected chi connectivity index (χ2v) is 8.50. The zero-order valence-corrected chi connectivity index (χ0v) is 15.2. The number of rotatable bonds is 2. The maximum Gasteiger partial charge on any atom is 0.170 e. The maximum atomic E-state index is 13.9. The Hall–Kier alpha value is -2.14. The molecule has 3 aromatic carbocycles. The molecule has 4 rings (SSSR count). The van der Waals surface area contributed by atoms with E-state index in [0.717, 1.165) is 5.56 Å². The molecule has 1 unspecified atom stereocenters. The van der Waals surface area contributed by atoms with Gasteiger partial charge in [-0.25, -0.2) is 9.20 Å². The first-order valence-electron chi connectivity index (χ1n) is 7.53. The van der Waals surface area contributed by atoms with Gasteiger partial charge in [-0.2, -0.15) is 4.36 Å². The summed E-state index contributed by atoms with van der Waals surface area (Å²) in [6.07, 6.45) is 0. The average Bonchev–Trinajstić information content (AvgIpc) is 2.63. The van der Waals surface area contributed by atoms with E-state index in [1.807, 2.05) is 30.3 Å². The minimum atomic E-state index is -2.85. The Kier molecular flexibility index (Phi) is 4.12. The van der Waals surface area contributed by atoms with Crippen LogP contribution in [-0.4, -0.2) is 10.0 Å². The molecule has 0 amide bonds. The van der Waals surface area contributed by atoms with Crippen molar-refractivity contribution >= 4 is 44.5 Å². The first-order valence-corrected chi connectivity index (χ1v) is 9.80. The molecule has 0 spiro atoms. The molecule has 0 bridgehead atoms. The molecule has 0 N–H and O–H groups in total. The molecule has 1 aliphatic heterocycles. The molecule has 1 heterocycles. The van der Waals surface area contributed by atoms with E-state index in [4.69, 9.17) is 23.2 Å². The molecule has 0 saturated carbocycles. The van der Waals surface area contributed by atoms with E-state index < -0.39 is 9.73 Å². The highest BCUT2D eigenvalue weighted by Crippen LogP contribution is 2.36. The smallest absolute Gasteiger partial charge is 0.170 e. The second-order valence-electron chi connectivity index (χ2n) is 5.48. The third kappa shape index (κ3) is 2.97. The van der Waals surface area contributed by atoms with E-state index >= 15 is 0 Å². The number of benzene rings is 3. The zero-order chi connectivity index (χ0) is 17.4.